The third-order valence-corrected chi connectivity index (χ3v) is 4.32. The quantitative estimate of drug-likeness (QED) is 0.680. The van der Waals surface area contributed by atoms with E-state index in [0.717, 1.165) is 19.4 Å². The molecule has 1 heteroatoms. The van der Waals surface area contributed by atoms with Gasteiger partial charge in [0.15, 0.2) is 0 Å². The van der Waals surface area contributed by atoms with Crippen molar-refractivity contribution in [2.45, 2.75) is 51.9 Å². The van der Waals surface area contributed by atoms with Crippen molar-refractivity contribution in [3.8, 4) is 0 Å². The zero-order valence-electron chi connectivity index (χ0n) is 13.4. The van der Waals surface area contributed by atoms with Crippen LogP contribution >= 0.6 is 0 Å². The highest BCUT2D eigenvalue weighted by atomic mass is 14.5. The molecular weight excluding hydrogens is 254 g/mol. The molecule has 0 bridgehead atoms. The smallest absolute Gasteiger partial charge is 0.00123 e. The van der Waals surface area contributed by atoms with Crippen molar-refractivity contribution in [2.75, 3.05) is 6.54 Å². The van der Waals surface area contributed by atoms with E-state index in [1.807, 2.05) is 0 Å². The molecule has 0 amide bonds. The Morgan fingerprint density at radius 2 is 2.14 bits per heavy atom. The molecule has 114 valence electrons. The summed E-state index contributed by atoms with van der Waals surface area (Å²) in [6.45, 7) is 3.01. The first-order valence-corrected chi connectivity index (χ1v) is 8.46. The largest absolute Gasteiger partial charge is 0.330 e. The molecule has 21 heavy (non-hydrogen) atoms. The summed E-state index contributed by atoms with van der Waals surface area (Å²) in [4.78, 5) is 0. The molecule has 0 radical (unpaired) electrons. The van der Waals surface area contributed by atoms with Crippen LogP contribution in [0.3, 0.4) is 0 Å². The Kier molecular flexibility index (Phi) is 6.75. The predicted molar refractivity (Wildman–Crippen MR) is 93.1 cm³/mol. The SMILES string of the molecule is CCCCC1=CC=C(/C=C\C2C=CC(CCN)=CC2)CC1. The molecule has 2 N–H and O–H groups in total. The summed E-state index contributed by atoms with van der Waals surface area (Å²) in [7, 11) is 0. The van der Waals surface area contributed by atoms with Gasteiger partial charge in [0, 0.05) is 0 Å². The fourth-order valence-electron chi connectivity index (χ4n) is 2.87. The Hall–Kier alpha value is -1.34. The predicted octanol–water partition coefficient (Wildman–Crippen LogP) is 5.23. The lowest BCUT2D eigenvalue weighted by Gasteiger charge is -2.14. The summed E-state index contributed by atoms with van der Waals surface area (Å²) in [6, 6.07) is 0. The van der Waals surface area contributed by atoms with Crippen LogP contribution in [0.5, 0.6) is 0 Å². The average molecular weight is 283 g/mol. The minimum atomic E-state index is 0.554. The van der Waals surface area contributed by atoms with E-state index in [1.54, 1.807) is 5.57 Å². The molecule has 0 spiro atoms. The van der Waals surface area contributed by atoms with Gasteiger partial charge in [-0.1, -0.05) is 67.0 Å². The molecule has 2 aliphatic rings. The van der Waals surface area contributed by atoms with Crippen LogP contribution in [0.2, 0.25) is 0 Å². The maximum absolute atomic E-state index is 5.59. The van der Waals surface area contributed by atoms with Gasteiger partial charge in [0.2, 0.25) is 0 Å². The first-order valence-electron chi connectivity index (χ1n) is 8.46. The second-order valence-electron chi connectivity index (χ2n) is 6.11. The molecule has 1 nitrogen and oxygen atoms in total. The van der Waals surface area contributed by atoms with Crippen molar-refractivity contribution >= 4 is 0 Å². The summed E-state index contributed by atoms with van der Waals surface area (Å²) in [5.41, 5.74) is 10.1. The molecule has 0 aromatic heterocycles. The molecule has 0 saturated heterocycles. The Labute approximate surface area is 130 Å². The highest BCUT2D eigenvalue weighted by Gasteiger charge is 2.07. The third-order valence-electron chi connectivity index (χ3n) is 4.32. The molecule has 0 saturated carbocycles. The lowest BCUT2D eigenvalue weighted by molar-refractivity contribution is 0.744. The monoisotopic (exact) mass is 283 g/mol. The zero-order valence-corrected chi connectivity index (χ0v) is 13.4. The maximum Gasteiger partial charge on any atom is -0.00123 e. The van der Waals surface area contributed by atoms with E-state index < -0.39 is 0 Å². The van der Waals surface area contributed by atoms with Gasteiger partial charge < -0.3 is 5.73 Å². The molecule has 2 aliphatic carbocycles. The molecule has 0 heterocycles. The lowest BCUT2D eigenvalue weighted by Crippen LogP contribution is -2.03. The van der Waals surface area contributed by atoms with E-state index in [2.05, 4.69) is 49.5 Å². The van der Waals surface area contributed by atoms with Gasteiger partial charge in [0.1, 0.15) is 0 Å². The second-order valence-corrected chi connectivity index (χ2v) is 6.11. The third kappa shape index (κ3) is 5.51. The molecule has 1 atom stereocenters. The van der Waals surface area contributed by atoms with Gasteiger partial charge in [0.25, 0.3) is 0 Å². The Morgan fingerprint density at radius 3 is 2.76 bits per heavy atom. The van der Waals surface area contributed by atoms with E-state index >= 15 is 0 Å². The molecule has 0 aromatic carbocycles. The van der Waals surface area contributed by atoms with E-state index in [-0.39, 0.29) is 0 Å². The van der Waals surface area contributed by atoms with Gasteiger partial charge >= 0.3 is 0 Å². The van der Waals surface area contributed by atoms with Crippen LogP contribution in [0.1, 0.15) is 51.9 Å². The summed E-state index contributed by atoms with van der Waals surface area (Å²) in [6.07, 6.45) is 24.7. The molecular formula is C20H29N. The average Bonchev–Trinajstić information content (AvgIpc) is 2.53. The highest BCUT2D eigenvalue weighted by molar-refractivity contribution is 5.33. The first-order chi connectivity index (χ1) is 10.3. The van der Waals surface area contributed by atoms with Gasteiger partial charge in [-0.2, -0.15) is 0 Å². The molecule has 0 aliphatic heterocycles. The number of hydrogen-bond acceptors (Lipinski definition) is 1. The molecule has 0 aromatic rings. The highest BCUT2D eigenvalue weighted by Crippen LogP contribution is 2.25. The van der Waals surface area contributed by atoms with Gasteiger partial charge in [-0.25, -0.2) is 0 Å². The Balaban J connectivity index is 1.82. The first kappa shape index (κ1) is 16.0. The topological polar surface area (TPSA) is 26.0 Å². The van der Waals surface area contributed by atoms with Crippen LogP contribution < -0.4 is 5.73 Å². The van der Waals surface area contributed by atoms with Gasteiger partial charge in [-0.15, -0.1) is 0 Å². The Morgan fingerprint density at radius 1 is 1.24 bits per heavy atom. The molecule has 0 fully saturated rings. The van der Waals surface area contributed by atoms with Crippen molar-refractivity contribution in [1.82, 2.24) is 0 Å². The lowest BCUT2D eigenvalue weighted by atomic mass is 9.92. The van der Waals surface area contributed by atoms with E-state index in [9.17, 15) is 0 Å². The number of allylic oxidation sites excluding steroid dienone is 9. The van der Waals surface area contributed by atoms with E-state index in [1.165, 1.54) is 43.3 Å². The van der Waals surface area contributed by atoms with E-state index in [4.69, 9.17) is 5.73 Å². The van der Waals surface area contributed by atoms with Crippen molar-refractivity contribution in [2.24, 2.45) is 11.7 Å². The molecule has 2 rings (SSSR count). The fourth-order valence-corrected chi connectivity index (χ4v) is 2.87. The van der Waals surface area contributed by atoms with Crippen molar-refractivity contribution in [1.29, 1.82) is 0 Å². The van der Waals surface area contributed by atoms with Crippen LogP contribution in [-0.2, 0) is 0 Å². The Bertz CT molecular complexity index is 474. The minimum Gasteiger partial charge on any atom is -0.330 e. The van der Waals surface area contributed by atoms with Crippen LogP contribution in [0, 0.1) is 5.92 Å². The van der Waals surface area contributed by atoms with Crippen molar-refractivity contribution < 1.29 is 0 Å². The summed E-state index contributed by atoms with van der Waals surface area (Å²) in [5, 5.41) is 0. The minimum absolute atomic E-state index is 0.554. The summed E-state index contributed by atoms with van der Waals surface area (Å²) < 4.78 is 0. The second kappa shape index (κ2) is 8.84. The zero-order chi connectivity index (χ0) is 14.9. The van der Waals surface area contributed by atoms with Crippen LogP contribution in [-0.4, -0.2) is 6.54 Å². The number of nitrogens with two attached hydrogens (primary N) is 1. The van der Waals surface area contributed by atoms with Crippen LogP contribution in [0.15, 0.2) is 59.3 Å². The standard InChI is InChI=1S/C20H29N/c1-2-3-4-17-5-7-18(8-6-17)9-10-19-11-13-20(14-12-19)15-16-21/h5,7,9-11,13-14,19H,2-4,6,8,12,15-16,21H2,1H3/b10-9-. The number of unbranched alkanes of at least 4 members (excludes halogenated alkanes) is 1. The summed E-state index contributed by atoms with van der Waals surface area (Å²) in [5.74, 6) is 0.554. The van der Waals surface area contributed by atoms with Crippen molar-refractivity contribution in [3.63, 3.8) is 0 Å². The van der Waals surface area contributed by atoms with Gasteiger partial charge in [-0.05, 0) is 56.6 Å². The summed E-state index contributed by atoms with van der Waals surface area (Å²) >= 11 is 0. The number of rotatable bonds is 7. The number of hydrogen-bond donors (Lipinski definition) is 1. The maximum atomic E-state index is 5.59. The normalized spacial score (nSPS) is 22.2. The van der Waals surface area contributed by atoms with Crippen LogP contribution in [0.4, 0.5) is 0 Å². The molecule has 1 unspecified atom stereocenters. The van der Waals surface area contributed by atoms with Gasteiger partial charge in [-0.3, -0.25) is 0 Å². The van der Waals surface area contributed by atoms with Crippen molar-refractivity contribution in [3.05, 3.63) is 59.3 Å². The van der Waals surface area contributed by atoms with Gasteiger partial charge in [0.05, 0.1) is 0 Å². The van der Waals surface area contributed by atoms with Crippen LogP contribution in [0.25, 0.3) is 0 Å². The fraction of sp³-hybridized carbons (Fsp3) is 0.500. The van der Waals surface area contributed by atoms with E-state index in [0.29, 0.717) is 5.92 Å².